The van der Waals surface area contributed by atoms with Crippen LogP contribution in [0.2, 0.25) is 0 Å². The van der Waals surface area contributed by atoms with Crippen LogP contribution in [0.5, 0.6) is 0 Å². The summed E-state index contributed by atoms with van der Waals surface area (Å²) < 4.78 is 0. The molecule has 3 unspecified atom stereocenters. The minimum Gasteiger partial charge on any atom is -0.388 e. The Hall–Kier alpha value is -2.24. The summed E-state index contributed by atoms with van der Waals surface area (Å²) >= 11 is 0. The summed E-state index contributed by atoms with van der Waals surface area (Å²) in [4.78, 5) is 19.1. The first-order valence-corrected chi connectivity index (χ1v) is 9.75. The zero-order valence-corrected chi connectivity index (χ0v) is 15.7. The Morgan fingerprint density at radius 1 is 1.26 bits per heavy atom. The summed E-state index contributed by atoms with van der Waals surface area (Å²) in [5, 5.41) is 14.3. The molecule has 142 valence electrons. The summed E-state index contributed by atoms with van der Waals surface area (Å²) in [6, 6.07) is 13.8. The third-order valence-corrected chi connectivity index (χ3v) is 5.78. The first kappa shape index (κ1) is 18.1. The predicted molar refractivity (Wildman–Crippen MR) is 104 cm³/mol. The fourth-order valence-corrected chi connectivity index (χ4v) is 4.02. The molecule has 2 aromatic rings. The molecule has 1 aromatic carbocycles. The fraction of sp³-hybridized carbons (Fsp3) is 0.455. The van der Waals surface area contributed by atoms with Gasteiger partial charge in [0, 0.05) is 31.4 Å². The molecule has 4 rings (SSSR count). The van der Waals surface area contributed by atoms with Crippen LogP contribution in [0, 0.1) is 5.92 Å². The number of amides is 1. The van der Waals surface area contributed by atoms with Crippen LogP contribution in [-0.2, 0) is 11.3 Å². The van der Waals surface area contributed by atoms with Crippen molar-refractivity contribution < 1.29 is 9.90 Å². The average molecular weight is 365 g/mol. The van der Waals surface area contributed by atoms with Crippen molar-refractivity contribution in [2.45, 2.75) is 50.4 Å². The Bertz CT molecular complexity index is 775. The van der Waals surface area contributed by atoms with Gasteiger partial charge in [0.1, 0.15) is 0 Å². The quantitative estimate of drug-likeness (QED) is 0.855. The van der Waals surface area contributed by atoms with Gasteiger partial charge in [-0.25, -0.2) is 0 Å². The number of nitrogens with one attached hydrogen (secondary N) is 1. The van der Waals surface area contributed by atoms with Crippen molar-refractivity contribution in [2.75, 3.05) is 6.54 Å². The Balaban J connectivity index is 1.66. The van der Waals surface area contributed by atoms with Crippen molar-refractivity contribution in [2.24, 2.45) is 5.92 Å². The Morgan fingerprint density at radius 3 is 2.70 bits per heavy atom. The largest absolute Gasteiger partial charge is 0.388 e. The summed E-state index contributed by atoms with van der Waals surface area (Å²) in [7, 11) is 0. The van der Waals surface area contributed by atoms with Gasteiger partial charge in [-0.2, -0.15) is 0 Å². The number of hydrogen-bond acceptors (Lipinski definition) is 4. The highest BCUT2D eigenvalue weighted by Crippen LogP contribution is 2.39. The highest BCUT2D eigenvalue weighted by atomic mass is 16.3. The molecule has 1 aromatic heterocycles. The van der Waals surface area contributed by atoms with E-state index in [1.165, 1.54) is 0 Å². The molecule has 0 spiro atoms. The zero-order valence-electron chi connectivity index (χ0n) is 15.7. The number of carbonyl (C=O) groups excluding carboxylic acids is 1. The molecule has 1 saturated carbocycles. The molecular weight excluding hydrogens is 338 g/mol. The normalized spacial score (nSPS) is 28.7. The number of aromatic nitrogens is 1. The fourth-order valence-electron chi connectivity index (χ4n) is 4.02. The highest BCUT2D eigenvalue weighted by molar-refractivity contribution is 5.81. The van der Waals surface area contributed by atoms with Gasteiger partial charge in [0.15, 0.2) is 0 Å². The number of pyridine rings is 1. The standard InChI is InChI=1S/C22H27N3O2/c1-22(27)11-13-25(15-16-6-5-12-23-14-16)19(17-7-3-2-4-8-17)20(22)24-21(26)18-9-10-18/h2-8,12,14,18-20,27H,9-11,13,15H2,1H3,(H,24,26). The molecule has 1 amide bonds. The van der Waals surface area contributed by atoms with E-state index in [2.05, 4.69) is 33.4 Å². The monoisotopic (exact) mass is 365 g/mol. The second-order valence-electron chi connectivity index (χ2n) is 8.05. The van der Waals surface area contributed by atoms with Gasteiger partial charge >= 0.3 is 0 Å². The van der Waals surface area contributed by atoms with Gasteiger partial charge in [-0.1, -0.05) is 36.4 Å². The smallest absolute Gasteiger partial charge is 0.223 e. The van der Waals surface area contributed by atoms with Crippen LogP contribution in [-0.4, -0.2) is 39.1 Å². The number of benzene rings is 1. The Kier molecular flexibility index (Phi) is 4.98. The van der Waals surface area contributed by atoms with E-state index in [4.69, 9.17) is 0 Å². The molecule has 1 aliphatic heterocycles. The molecule has 1 saturated heterocycles. The minimum absolute atomic E-state index is 0.0735. The summed E-state index contributed by atoms with van der Waals surface area (Å²) in [6.07, 6.45) is 6.18. The van der Waals surface area contributed by atoms with E-state index in [1.54, 1.807) is 6.20 Å². The maximum absolute atomic E-state index is 12.6. The SMILES string of the molecule is CC1(O)CCN(Cc2cccnc2)C(c2ccccc2)C1NC(=O)C1CC1. The van der Waals surface area contributed by atoms with Gasteiger partial charge in [-0.05, 0) is 43.4 Å². The third-order valence-electron chi connectivity index (χ3n) is 5.78. The molecule has 5 nitrogen and oxygen atoms in total. The lowest BCUT2D eigenvalue weighted by atomic mass is 9.79. The van der Waals surface area contributed by atoms with Crippen LogP contribution in [0.15, 0.2) is 54.9 Å². The van der Waals surface area contributed by atoms with Gasteiger partial charge in [0.05, 0.1) is 17.7 Å². The molecule has 27 heavy (non-hydrogen) atoms. The van der Waals surface area contributed by atoms with Gasteiger partial charge in [-0.3, -0.25) is 14.7 Å². The van der Waals surface area contributed by atoms with E-state index in [0.29, 0.717) is 6.42 Å². The number of nitrogens with zero attached hydrogens (tertiary/aromatic N) is 2. The second-order valence-corrected chi connectivity index (χ2v) is 8.05. The number of carbonyl (C=O) groups is 1. The second kappa shape index (κ2) is 7.41. The lowest BCUT2D eigenvalue weighted by Crippen LogP contribution is -2.62. The van der Waals surface area contributed by atoms with Gasteiger partial charge in [0.2, 0.25) is 5.91 Å². The van der Waals surface area contributed by atoms with Gasteiger partial charge in [-0.15, -0.1) is 0 Å². The lowest BCUT2D eigenvalue weighted by Gasteiger charge is -2.49. The van der Waals surface area contributed by atoms with Gasteiger partial charge in [0.25, 0.3) is 0 Å². The van der Waals surface area contributed by atoms with Gasteiger partial charge < -0.3 is 10.4 Å². The van der Waals surface area contributed by atoms with Crippen LogP contribution in [0.25, 0.3) is 0 Å². The van der Waals surface area contributed by atoms with Crippen LogP contribution < -0.4 is 5.32 Å². The van der Waals surface area contributed by atoms with Crippen molar-refractivity contribution in [1.82, 2.24) is 15.2 Å². The number of rotatable bonds is 5. The molecule has 2 N–H and O–H groups in total. The summed E-state index contributed by atoms with van der Waals surface area (Å²) in [6.45, 7) is 3.35. The number of hydrogen-bond donors (Lipinski definition) is 2. The van der Waals surface area contributed by atoms with Crippen molar-refractivity contribution in [1.29, 1.82) is 0 Å². The maximum atomic E-state index is 12.6. The molecule has 2 fully saturated rings. The molecular formula is C22H27N3O2. The van der Waals surface area contributed by atoms with E-state index in [1.807, 2.05) is 37.4 Å². The molecule has 1 aliphatic carbocycles. The third kappa shape index (κ3) is 4.04. The number of aliphatic hydroxyl groups is 1. The van der Waals surface area contributed by atoms with Crippen LogP contribution in [0.1, 0.15) is 43.4 Å². The predicted octanol–water partition coefficient (Wildman–Crippen LogP) is 2.67. The van der Waals surface area contributed by atoms with E-state index < -0.39 is 5.60 Å². The van der Waals surface area contributed by atoms with E-state index in [-0.39, 0.29) is 23.9 Å². The zero-order chi connectivity index (χ0) is 18.9. The topological polar surface area (TPSA) is 65.5 Å². The van der Waals surface area contributed by atoms with Crippen molar-refractivity contribution in [3.8, 4) is 0 Å². The molecule has 2 aliphatic rings. The summed E-state index contributed by atoms with van der Waals surface area (Å²) in [5.41, 5.74) is 1.30. The van der Waals surface area contributed by atoms with Crippen LogP contribution in [0.4, 0.5) is 0 Å². The minimum atomic E-state index is -0.948. The van der Waals surface area contributed by atoms with E-state index in [9.17, 15) is 9.90 Å². The average Bonchev–Trinajstić information content (AvgIpc) is 3.51. The lowest BCUT2D eigenvalue weighted by molar-refractivity contribution is -0.130. The molecule has 2 heterocycles. The maximum Gasteiger partial charge on any atom is 0.223 e. The molecule has 0 bridgehead atoms. The Morgan fingerprint density at radius 2 is 2.04 bits per heavy atom. The molecule has 5 heteroatoms. The highest BCUT2D eigenvalue weighted by Gasteiger charge is 2.47. The van der Waals surface area contributed by atoms with Crippen molar-refractivity contribution >= 4 is 5.91 Å². The summed E-state index contributed by atoms with van der Waals surface area (Å²) in [5.74, 6) is 0.190. The van der Waals surface area contributed by atoms with Crippen LogP contribution in [0.3, 0.4) is 0 Å². The van der Waals surface area contributed by atoms with E-state index in [0.717, 1.165) is 37.1 Å². The van der Waals surface area contributed by atoms with Crippen molar-refractivity contribution in [3.05, 3.63) is 66.0 Å². The van der Waals surface area contributed by atoms with E-state index >= 15 is 0 Å². The Labute approximate surface area is 160 Å². The number of piperidine rings is 1. The molecule has 0 radical (unpaired) electrons. The van der Waals surface area contributed by atoms with Crippen molar-refractivity contribution in [3.63, 3.8) is 0 Å². The van der Waals surface area contributed by atoms with Crippen LogP contribution >= 0.6 is 0 Å². The molecule has 3 atom stereocenters. The number of likely N-dealkylation sites (tertiary alicyclic amines) is 1. The first-order chi connectivity index (χ1) is 13.0. The first-order valence-electron chi connectivity index (χ1n) is 9.75.